The summed E-state index contributed by atoms with van der Waals surface area (Å²) in [5, 5.41) is 19.7. The van der Waals surface area contributed by atoms with Gasteiger partial charge < -0.3 is 14.9 Å². The zero-order chi connectivity index (χ0) is 22.1. The van der Waals surface area contributed by atoms with Gasteiger partial charge in [0.15, 0.2) is 0 Å². The standard InChI is InChI=1S/C26H33NO4/c1-31-26-8-3-2-5-22(26)17-24(19-29)21-6-4-7-25(30)23(10-9-21)18-27-14-11-20(12-15-27)13-16-28/h2-5,7-9,17,19-20,28,30H,6,10-16,18H2,1H3/b7-4-,21-9+,24-17+,25-23-. The molecule has 0 saturated carbocycles. The van der Waals surface area contributed by atoms with Gasteiger partial charge in [-0.1, -0.05) is 30.4 Å². The van der Waals surface area contributed by atoms with Crippen molar-refractivity contribution in [3.05, 3.63) is 70.5 Å². The number of aliphatic hydroxyl groups excluding tert-OH is 2. The molecule has 0 unspecified atom stereocenters. The van der Waals surface area contributed by atoms with Gasteiger partial charge in [-0.2, -0.15) is 0 Å². The summed E-state index contributed by atoms with van der Waals surface area (Å²) in [6, 6.07) is 7.63. The number of ether oxygens (including phenoxy) is 1. The number of carbonyl (C=O) groups is 1. The van der Waals surface area contributed by atoms with Gasteiger partial charge in [-0.3, -0.25) is 9.69 Å². The summed E-state index contributed by atoms with van der Waals surface area (Å²) < 4.78 is 5.41. The maximum Gasteiger partial charge on any atom is 0.150 e. The smallest absolute Gasteiger partial charge is 0.150 e. The van der Waals surface area contributed by atoms with E-state index in [9.17, 15) is 9.90 Å². The van der Waals surface area contributed by atoms with Crippen LogP contribution < -0.4 is 4.74 Å². The minimum atomic E-state index is 0.260. The second-order valence-electron chi connectivity index (χ2n) is 8.22. The Kier molecular flexibility index (Phi) is 8.68. The Labute approximate surface area is 185 Å². The molecular formula is C26H33NO4. The molecule has 3 rings (SSSR count). The molecule has 1 fully saturated rings. The molecule has 1 aliphatic carbocycles. The van der Waals surface area contributed by atoms with Crippen LogP contribution in [0.4, 0.5) is 0 Å². The van der Waals surface area contributed by atoms with Crippen LogP contribution in [0, 0.1) is 5.92 Å². The van der Waals surface area contributed by atoms with Crippen LogP contribution in [-0.2, 0) is 4.79 Å². The van der Waals surface area contributed by atoms with Gasteiger partial charge in [-0.25, -0.2) is 0 Å². The molecule has 0 bridgehead atoms. The van der Waals surface area contributed by atoms with Gasteiger partial charge in [0.1, 0.15) is 17.8 Å². The fraction of sp³-hybridized carbons (Fsp3) is 0.423. The Hall–Kier alpha value is -2.63. The zero-order valence-corrected chi connectivity index (χ0v) is 18.3. The van der Waals surface area contributed by atoms with Crippen molar-refractivity contribution in [3.63, 3.8) is 0 Å². The lowest BCUT2D eigenvalue weighted by Gasteiger charge is -2.32. The average Bonchev–Trinajstić information content (AvgIpc) is 2.79. The van der Waals surface area contributed by atoms with Crippen LogP contribution in [-0.4, -0.2) is 54.8 Å². The van der Waals surface area contributed by atoms with Gasteiger partial charge in [0, 0.05) is 24.3 Å². The number of nitrogens with zero attached hydrogens (tertiary/aromatic N) is 1. The predicted octanol–water partition coefficient (Wildman–Crippen LogP) is 4.46. The average molecular weight is 424 g/mol. The minimum absolute atomic E-state index is 0.260. The van der Waals surface area contributed by atoms with E-state index in [-0.39, 0.29) is 6.61 Å². The molecule has 0 atom stereocenters. The van der Waals surface area contributed by atoms with E-state index < -0.39 is 0 Å². The first kappa shape index (κ1) is 23.0. The highest BCUT2D eigenvalue weighted by Crippen LogP contribution is 2.27. The molecule has 5 heteroatoms. The van der Waals surface area contributed by atoms with Crippen molar-refractivity contribution in [1.29, 1.82) is 0 Å². The molecule has 0 radical (unpaired) electrons. The van der Waals surface area contributed by atoms with Crippen LogP contribution in [0.3, 0.4) is 0 Å². The van der Waals surface area contributed by atoms with Crippen LogP contribution >= 0.6 is 0 Å². The number of piperidine rings is 1. The van der Waals surface area contributed by atoms with Crippen LogP contribution in [0.1, 0.15) is 37.7 Å². The van der Waals surface area contributed by atoms with Crippen molar-refractivity contribution < 1.29 is 19.7 Å². The van der Waals surface area contributed by atoms with E-state index in [0.717, 1.165) is 67.6 Å². The second kappa shape index (κ2) is 11.7. The molecule has 0 aromatic heterocycles. The summed E-state index contributed by atoms with van der Waals surface area (Å²) in [4.78, 5) is 14.3. The van der Waals surface area contributed by atoms with Crippen LogP contribution in [0.15, 0.2) is 65.0 Å². The van der Waals surface area contributed by atoms with E-state index in [1.54, 1.807) is 13.2 Å². The lowest BCUT2D eigenvalue weighted by atomic mass is 9.92. The maximum atomic E-state index is 11.9. The van der Waals surface area contributed by atoms with E-state index in [1.807, 2.05) is 36.4 Å². The van der Waals surface area contributed by atoms with E-state index in [4.69, 9.17) is 9.84 Å². The monoisotopic (exact) mass is 423 g/mol. The topological polar surface area (TPSA) is 70.0 Å². The van der Waals surface area contributed by atoms with E-state index in [2.05, 4.69) is 11.0 Å². The van der Waals surface area contributed by atoms with Crippen molar-refractivity contribution in [1.82, 2.24) is 4.90 Å². The molecule has 1 saturated heterocycles. The van der Waals surface area contributed by atoms with Crippen molar-refractivity contribution in [3.8, 4) is 5.75 Å². The molecule has 1 aliphatic heterocycles. The lowest BCUT2D eigenvalue weighted by molar-refractivity contribution is -0.104. The first-order valence-corrected chi connectivity index (χ1v) is 11.0. The molecule has 1 aromatic carbocycles. The number of allylic oxidation sites excluding steroid dienone is 5. The van der Waals surface area contributed by atoms with Crippen molar-refractivity contribution in [2.45, 2.75) is 32.1 Å². The second-order valence-corrected chi connectivity index (χ2v) is 8.22. The SMILES string of the molecule is COc1ccccc1/C=C(C=O)/C1=C/C/C(CN2CCC(CCO)CC2)=C(O)\C=C/C1. The number of hydrogen-bond acceptors (Lipinski definition) is 5. The van der Waals surface area contributed by atoms with Gasteiger partial charge in [-0.15, -0.1) is 0 Å². The van der Waals surface area contributed by atoms with Crippen molar-refractivity contribution in [2.24, 2.45) is 5.92 Å². The quantitative estimate of drug-likeness (QED) is 0.477. The Morgan fingerprint density at radius 2 is 2.00 bits per heavy atom. The van der Waals surface area contributed by atoms with Crippen LogP contribution in [0.25, 0.3) is 6.08 Å². The van der Waals surface area contributed by atoms with Crippen LogP contribution in [0.2, 0.25) is 0 Å². The number of rotatable bonds is 8. The van der Waals surface area contributed by atoms with Gasteiger partial charge in [0.05, 0.1) is 7.11 Å². The van der Waals surface area contributed by atoms with Gasteiger partial charge in [0.25, 0.3) is 0 Å². The number of para-hydroxylation sites is 1. The van der Waals surface area contributed by atoms with Gasteiger partial charge >= 0.3 is 0 Å². The first-order valence-electron chi connectivity index (χ1n) is 11.0. The first-order chi connectivity index (χ1) is 15.1. The number of likely N-dealkylation sites (tertiary alicyclic amines) is 1. The zero-order valence-electron chi connectivity index (χ0n) is 18.3. The van der Waals surface area contributed by atoms with Crippen molar-refractivity contribution in [2.75, 3.05) is 33.4 Å². The Balaban J connectivity index is 1.73. The molecule has 0 spiro atoms. The Morgan fingerprint density at radius 1 is 1.23 bits per heavy atom. The van der Waals surface area contributed by atoms with E-state index in [0.29, 0.717) is 30.1 Å². The highest BCUT2D eigenvalue weighted by Gasteiger charge is 2.20. The summed E-state index contributed by atoms with van der Waals surface area (Å²) in [5.74, 6) is 1.66. The lowest BCUT2D eigenvalue weighted by Crippen LogP contribution is -2.35. The third-order valence-corrected chi connectivity index (χ3v) is 6.18. The van der Waals surface area contributed by atoms with Crippen molar-refractivity contribution >= 4 is 12.4 Å². The molecule has 2 N–H and O–H groups in total. The maximum absolute atomic E-state index is 11.9. The minimum Gasteiger partial charge on any atom is -0.508 e. The number of carbonyl (C=O) groups excluding carboxylic acids is 1. The van der Waals surface area contributed by atoms with E-state index in [1.165, 1.54) is 0 Å². The Bertz CT molecular complexity index is 873. The molecule has 2 aliphatic rings. The third-order valence-electron chi connectivity index (χ3n) is 6.18. The summed E-state index contributed by atoms with van der Waals surface area (Å²) in [7, 11) is 1.62. The predicted molar refractivity (Wildman–Crippen MR) is 124 cm³/mol. The summed E-state index contributed by atoms with van der Waals surface area (Å²) in [6.07, 6.45) is 12.7. The largest absolute Gasteiger partial charge is 0.508 e. The Morgan fingerprint density at radius 3 is 2.71 bits per heavy atom. The van der Waals surface area contributed by atoms with Gasteiger partial charge in [0.2, 0.25) is 0 Å². The fourth-order valence-corrected chi connectivity index (χ4v) is 4.27. The number of hydrogen-bond donors (Lipinski definition) is 2. The molecule has 5 nitrogen and oxygen atoms in total. The molecule has 31 heavy (non-hydrogen) atoms. The third kappa shape index (κ3) is 6.42. The highest BCUT2D eigenvalue weighted by molar-refractivity contribution is 5.88. The summed E-state index contributed by atoms with van der Waals surface area (Å²) in [6.45, 7) is 2.94. The number of aldehydes is 1. The fourth-order valence-electron chi connectivity index (χ4n) is 4.27. The van der Waals surface area contributed by atoms with Crippen LogP contribution in [0.5, 0.6) is 5.75 Å². The number of aliphatic hydroxyl groups is 2. The summed E-state index contributed by atoms with van der Waals surface area (Å²) >= 11 is 0. The molecule has 1 heterocycles. The number of methoxy groups -OCH3 is 1. The normalized spacial score (nSPS) is 24.1. The highest BCUT2D eigenvalue weighted by atomic mass is 16.5. The van der Waals surface area contributed by atoms with Gasteiger partial charge in [-0.05, 0) is 80.5 Å². The molecule has 1 aromatic rings. The molecular weight excluding hydrogens is 390 g/mol. The van der Waals surface area contributed by atoms with E-state index >= 15 is 0 Å². The summed E-state index contributed by atoms with van der Waals surface area (Å²) in [5.41, 5.74) is 3.41. The molecule has 0 amide bonds. The number of benzene rings is 1. The molecule has 166 valence electrons.